The molecule has 0 radical (unpaired) electrons. The van der Waals surface area contributed by atoms with E-state index >= 15 is 0 Å². The van der Waals surface area contributed by atoms with Gasteiger partial charge in [0.15, 0.2) is 11.5 Å². The Kier molecular flexibility index (Phi) is 5.22. The molecule has 0 amide bonds. The predicted molar refractivity (Wildman–Crippen MR) is 82.7 cm³/mol. The zero-order chi connectivity index (χ0) is 15.2. The molecule has 0 saturated heterocycles. The van der Waals surface area contributed by atoms with Crippen molar-refractivity contribution in [2.45, 2.75) is 33.4 Å². The first-order valence-electron chi connectivity index (χ1n) is 7.21. The van der Waals surface area contributed by atoms with Crippen molar-refractivity contribution in [1.29, 1.82) is 0 Å². The average Bonchev–Trinajstić information content (AvgIpc) is 2.86. The lowest BCUT2D eigenvalue weighted by Gasteiger charge is -2.12. The summed E-state index contributed by atoms with van der Waals surface area (Å²) in [6.07, 6.45) is 0.826. The second kappa shape index (κ2) is 7.13. The third-order valence-corrected chi connectivity index (χ3v) is 3.32. The molecule has 0 fully saturated rings. The van der Waals surface area contributed by atoms with Gasteiger partial charge >= 0.3 is 0 Å². The molecule has 0 spiro atoms. The summed E-state index contributed by atoms with van der Waals surface area (Å²) in [6, 6.07) is 7.96. The molecule has 114 valence electrons. The Morgan fingerprint density at radius 3 is 2.71 bits per heavy atom. The van der Waals surface area contributed by atoms with Crippen LogP contribution in [0.2, 0.25) is 0 Å². The van der Waals surface area contributed by atoms with Gasteiger partial charge in [-0.2, -0.15) is 5.10 Å². The minimum atomic E-state index is 0.469. The van der Waals surface area contributed by atoms with Gasteiger partial charge in [0.25, 0.3) is 0 Å². The molecule has 0 aliphatic carbocycles. The number of nitrogens with two attached hydrogens (primary N) is 1. The molecule has 0 aliphatic rings. The van der Waals surface area contributed by atoms with Crippen LogP contribution >= 0.6 is 0 Å². The lowest BCUT2D eigenvalue weighted by Crippen LogP contribution is -2.07. The third kappa shape index (κ3) is 3.76. The number of methoxy groups -OCH3 is 1. The molecular weight excluding hydrogens is 266 g/mol. The normalized spacial score (nSPS) is 10.7. The van der Waals surface area contributed by atoms with Crippen molar-refractivity contribution in [3.63, 3.8) is 0 Å². The highest BCUT2D eigenvalue weighted by Gasteiger charge is 2.09. The third-order valence-electron chi connectivity index (χ3n) is 3.32. The first-order chi connectivity index (χ1) is 10.2. The molecule has 1 aromatic carbocycles. The number of hydrogen-bond donors (Lipinski definition) is 1. The molecule has 0 bridgehead atoms. The molecule has 2 aromatic rings. The van der Waals surface area contributed by atoms with Crippen LogP contribution in [0, 0.1) is 6.92 Å². The SMILES string of the molecule is CCn1nc(C)cc1COc1cc(CCN)ccc1OC. The second-order valence-electron chi connectivity index (χ2n) is 4.91. The molecule has 2 N–H and O–H groups in total. The van der Waals surface area contributed by atoms with Crippen molar-refractivity contribution in [3.8, 4) is 11.5 Å². The van der Waals surface area contributed by atoms with Crippen LogP contribution in [0.5, 0.6) is 11.5 Å². The van der Waals surface area contributed by atoms with Crippen LogP contribution in [-0.2, 0) is 19.6 Å². The van der Waals surface area contributed by atoms with E-state index < -0.39 is 0 Å². The van der Waals surface area contributed by atoms with Crippen molar-refractivity contribution < 1.29 is 9.47 Å². The monoisotopic (exact) mass is 289 g/mol. The highest BCUT2D eigenvalue weighted by atomic mass is 16.5. The molecule has 5 heteroatoms. The summed E-state index contributed by atoms with van der Waals surface area (Å²) in [7, 11) is 1.64. The molecule has 1 heterocycles. The van der Waals surface area contributed by atoms with Gasteiger partial charge in [-0.1, -0.05) is 6.07 Å². The van der Waals surface area contributed by atoms with Crippen molar-refractivity contribution in [2.75, 3.05) is 13.7 Å². The van der Waals surface area contributed by atoms with Crippen LogP contribution in [0.25, 0.3) is 0 Å². The van der Waals surface area contributed by atoms with Gasteiger partial charge in [-0.25, -0.2) is 0 Å². The number of aromatic nitrogens is 2. The van der Waals surface area contributed by atoms with Gasteiger partial charge in [-0.05, 0) is 50.6 Å². The van der Waals surface area contributed by atoms with E-state index in [1.807, 2.05) is 35.9 Å². The minimum absolute atomic E-state index is 0.469. The topological polar surface area (TPSA) is 62.3 Å². The van der Waals surface area contributed by atoms with E-state index in [2.05, 4.69) is 12.0 Å². The van der Waals surface area contributed by atoms with Gasteiger partial charge in [0.2, 0.25) is 0 Å². The number of ether oxygens (including phenoxy) is 2. The van der Waals surface area contributed by atoms with Crippen molar-refractivity contribution >= 4 is 0 Å². The summed E-state index contributed by atoms with van der Waals surface area (Å²) in [5, 5.41) is 4.42. The summed E-state index contributed by atoms with van der Waals surface area (Å²) in [4.78, 5) is 0. The van der Waals surface area contributed by atoms with Gasteiger partial charge in [0.05, 0.1) is 18.5 Å². The van der Waals surface area contributed by atoms with Gasteiger partial charge in [0.1, 0.15) is 6.61 Å². The molecule has 21 heavy (non-hydrogen) atoms. The van der Waals surface area contributed by atoms with E-state index in [-0.39, 0.29) is 0 Å². The van der Waals surface area contributed by atoms with Crippen LogP contribution in [0.1, 0.15) is 23.9 Å². The minimum Gasteiger partial charge on any atom is -0.493 e. The van der Waals surface area contributed by atoms with E-state index in [0.29, 0.717) is 13.2 Å². The molecule has 2 rings (SSSR count). The number of nitrogens with zero attached hydrogens (tertiary/aromatic N) is 2. The van der Waals surface area contributed by atoms with Crippen LogP contribution in [0.3, 0.4) is 0 Å². The largest absolute Gasteiger partial charge is 0.493 e. The zero-order valence-electron chi connectivity index (χ0n) is 12.9. The smallest absolute Gasteiger partial charge is 0.162 e. The number of rotatable bonds is 7. The van der Waals surface area contributed by atoms with Gasteiger partial charge in [-0.3, -0.25) is 4.68 Å². The molecular formula is C16H23N3O2. The number of hydrogen-bond acceptors (Lipinski definition) is 4. The molecule has 0 atom stereocenters. The molecule has 0 aliphatic heterocycles. The van der Waals surface area contributed by atoms with Gasteiger partial charge < -0.3 is 15.2 Å². The van der Waals surface area contributed by atoms with Crippen molar-refractivity contribution in [1.82, 2.24) is 9.78 Å². The van der Waals surface area contributed by atoms with Gasteiger partial charge in [0, 0.05) is 6.54 Å². The fourth-order valence-corrected chi connectivity index (χ4v) is 2.30. The quantitative estimate of drug-likeness (QED) is 0.849. The number of aryl methyl sites for hydroxylation is 2. The molecule has 1 aromatic heterocycles. The highest BCUT2D eigenvalue weighted by Crippen LogP contribution is 2.29. The van der Waals surface area contributed by atoms with Crippen molar-refractivity contribution in [2.24, 2.45) is 5.73 Å². The second-order valence-corrected chi connectivity index (χ2v) is 4.91. The molecule has 0 unspecified atom stereocenters. The van der Waals surface area contributed by atoms with E-state index in [1.165, 1.54) is 0 Å². The van der Waals surface area contributed by atoms with E-state index in [0.717, 1.165) is 41.4 Å². The molecule has 0 saturated carbocycles. The first kappa shape index (κ1) is 15.4. The summed E-state index contributed by atoms with van der Waals surface area (Å²) in [5.41, 5.74) is 8.81. The van der Waals surface area contributed by atoms with Crippen LogP contribution in [0.15, 0.2) is 24.3 Å². The van der Waals surface area contributed by atoms with Crippen molar-refractivity contribution in [3.05, 3.63) is 41.2 Å². The van der Waals surface area contributed by atoms with E-state index in [9.17, 15) is 0 Å². The highest BCUT2D eigenvalue weighted by molar-refractivity contribution is 5.43. The summed E-state index contributed by atoms with van der Waals surface area (Å²) < 4.78 is 13.2. The molecule has 5 nitrogen and oxygen atoms in total. The Morgan fingerprint density at radius 2 is 2.05 bits per heavy atom. The van der Waals surface area contributed by atoms with E-state index in [1.54, 1.807) is 7.11 Å². The Bertz CT molecular complexity index is 593. The Morgan fingerprint density at radius 1 is 1.24 bits per heavy atom. The first-order valence-corrected chi connectivity index (χ1v) is 7.21. The summed E-state index contributed by atoms with van der Waals surface area (Å²) in [5.74, 6) is 1.47. The average molecular weight is 289 g/mol. The fraction of sp³-hybridized carbons (Fsp3) is 0.438. The maximum absolute atomic E-state index is 5.93. The summed E-state index contributed by atoms with van der Waals surface area (Å²) in [6.45, 7) is 5.97. The van der Waals surface area contributed by atoms with Crippen LogP contribution in [-0.4, -0.2) is 23.4 Å². The van der Waals surface area contributed by atoms with Crippen LogP contribution < -0.4 is 15.2 Å². The zero-order valence-corrected chi connectivity index (χ0v) is 12.9. The van der Waals surface area contributed by atoms with E-state index in [4.69, 9.17) is 15.2 Å². The maximum Gasteiger partial charge on any atom is 0.162 e. The maximum atomic E-state index is 5.93. The summed E-state index contributed by atoms with van der Waals surface area (Å²) >= 11 is 0. The van der Waals surface area contributed by atoms with Gasteiger partial charge in [-0.15, -0.1) is 0 Å². The standard InChI is InChI=1S/C16H23N3O2/c1-4-19-14(9-12(2)18-19)11-21-16-10-13(7-8-17)5-6-15(16)20-3/h5-6,9-10H,4,7-8,11,17H2,1-3H3. The lowest BCUT2D eigenvalue weighted by atomic mass is 10.1. The van der Waals surface area contributed by atoms with Crippen LogP contribution in [0.4, 0.5) is 0 Å². The lowest BCUT2D eigenvalue weighted by molar-refractivity contribution is 0.273. The Labute approximate surface area is 125 Å². The predicted octanol–water partition coefficient (Wildman–Crippen LogP) is 2.30. The number of benzene rings is 1. The Balaban J connectivity index is 2.15. The fourth-order valence-electron chi connectivity index (χ4n) is 2.30. The Hall–Kier alpha value is -2.01.